The van der Waals surface area contributed by atoms with Crippen LogP contribution in [-0.2, 0) is 20.9 Å². The van der Waals surface area contributed by atoms with Crippen LogP contribution in [0.1, 0.15) is 47.1 Å². The molecule has 0 atom stereocenters. The molecule has 1 aromatic carbocycles. The molecule has 1 saturated heterocycles. The fraction of sp³-hybridized carbons (Fsp3) is 0.500. The van der Waals surface area contributed by atoms with Crippen molar-refractivity contribution in [2.45, 2.75) is 40.2 Å². The van der Waals surface area contributed by atoms with Gasteiger partial charge in [-0.2, -0.15) is 0 Å². The predicted octanol–water partition coefficient (Wildman–Crippen LogP) is 2.74. The first-order valence-corrected chi connectivity index (χ1v) is 11.1. The third-order valence-corrected chi connectivity index (χ3v) is 5.85. The molecule has 0 aliphatic carbocycles. The van der Waals surface area contributed by atoms with E-state index in [2.05, 4.69) is 5.16 Å². The molecule has 1 aromatic heterocycles. The Morgan fingerprint density at radius 3 is 2.39 bits per heavy atom. The van der Waals surface area contributed by atoms with Crippen LogP contribution in [0.15, 0.2) is 28.8 Å². The number of esters is 1. The highest BCUT2D eigenvalue weighted by Gasteiger charge is 2.29. The number of rotatable bonds is 8. The van der Waals surface area contributed by atoms with Gasteiger partial charge in [-0.25, -0.2) is 0 Å². The molecule has 178 valence electrons. The molecule has 1 fully saturated rings. The smallest absolute Gasteiger partial charge is 0.309 e. The SMILES string of the molecule is CCOC(=O)C1CCN(C(=O)CN(C)C(=O)c2ccc(OCc3c(C)noc3C)cc2)CC1. The van der Waals surface area contributed by atoms with E-state index in [1.54, 1.807) is 43.1 Å². The van der Waals surface area contributed by atoms with E-state index in [-0.39, 0.29) is 30.2 Å². The van der Waals surface area contributed by atoms with Gasteiger partial charge >= 0.3 is 5.97 Å². The minimum atomic E-state index is -0.248. The van der Waals surface area contributed by atoms with Gasteiger partial charge in [0.1, 0.15) is 18.1 Å². The van der Waals surface area contributed by atoms with Crippen molar-refractivity contribution in [3.05, 3.63) is 46.8 Å². The van der Waals surface area contributed by atoms with Gasteiger partial charge in [0.2, 0.25) is 5.91 Å². The average molecular weight is 458 g/mol. The number of benzene rings is 1. The average Bonchev–Trinajstić information content (AvgIpc) is 3.14. The number of likely N-dealkylation sites (N-methyl/N-ethyl adjacent to an activating group) is 1. The summed E-state index contributed by atoms with van der Waals surface area (Å²) >= 11 is 0. The zero-order chi connectivity index (χ0) is 24.0. The van der Waals surface area contributed by atoms with Gasteiger partial charge < -0.3 is 23.8 Å². The van der Waals surface area contributed by atoms with Crippen LogP contribution in [0.5, 0.6) is 5.75 Å². The lowest BCUT2D eigenvalue weighted by atomic mass is 9.97. The molecule has 0 radical (unpaired) electrons. The van der Waals surface area contributed by atoms with Gasteiger partial charge in [0.05, 0.1) is 30.3 Å². The molecular formula is C24H31N3O6. The summed E-state index contributed by atoms with van der Waals surface area (Å²) in [4.78, 5) is 40.4. The van der Waals surface area contributed by atoms with Crippen molar-refractivity contribution < 1.29 is 28.4 Å². The Hall–Kier alpha value is -3.36. The summed E-state index contributed by atoms with van der Waals surface area (Å²) in [7, 11) is 1.60. The van der Waals surface area contributed by atoms with Crippen molar-refractivity contribution >= 4 is 17.8 Å². The van der Waals surface area contributed by atoms with Crippen LogP contribution >= 0.6 is 0 Å². The molecule has 9 heteroatoms. The molecule has 0 bridgehead atoms. The summed E-state index contributed by atoms with van der Waals surface area (Å²) < 4.78 is 16.0. The van der Waals surface area contributed by atoms with E-state index in [0.717, 1.165) is 17.0 Å². The summed E-state index contributed by atoms with van der Waals surface area (Å²) in [6, 6.07) is 6.80. The fourth-order valence-corrected chi connectivity index (χ4v) is 3.78. The first kappa shape index (κ1) is 24.3. The van der Waals surface area contributed by atoms with E-state index in [1.807, 2.05) is 13.8 Å². The monoisotopic (exact) mass is 457 g/mol. The Balaban J connectivity index is 1.48. The Morgan fingerprint density at radius 2 is 1.82 bits per heavy atom. The maximum Gasteiger partial charge on any atom is 0.309 e. The molecule has 2 heterocycles. The Kier molecular flexibility index (Phi) is 8.08. The minimum absolute atomic E-state index is 0.0206. The molecule has 0 saturated carbocycles. The van der Waals surface area contributed by atoms with Crippen LogP contribution in [0.25, 0.3) is 0 Å². The van der Waals surface area contributed by atoms with Crippen molar-refractivity contribution in [2.24, 2.45) is 5.92 Å². The number of aromatic nitrogens is 1. The highest BCUT2D eigenvalue weighted by Crippen LogP contribution is 2.20. The van der Waals surface area contributed by atoms with Gasteiger partial charge in [0.25, 0.3) is 5.91 Å². The standard InChI is InChI=1S/C24H31N3O6/c1-5-31-24(30)19-10-12-27(13-11-19)22(28)14-26(4)23(29)18-6-8-20(9-7-18)32-15-21-16(2)25-33-17(21)3/h6-9,19H,5,10-15H2,1-4H3. The summed E-state index contributed by atoms with van der Waals surface area (Å²) in [6.45, 7) is 7.12. The number of aryl methyl sites for hydroxylation is 2. The van der Waals surface area contributed by atoms with Crippen LogP contribution < -0.4 is 4.74 Å². The number of hydrogen-bond acceptors (Lipinski definition) is 7. The first-order chi connectivity index (χ1) is 15.8. The van der Waals surface area contributed by atoms with E-state index < -0.39 is 0 Å². The number of likely N-dealkylation sites (tertiary alicyclic amines) is 1. The van der Waals surface area contributed by atoms with Crippen LogP contribution in [0, 0.1) is 19.8 Å². The highest BCUT2D eigenvalue weighted by molar-refractivity contribution is 5.96. The Labute approximate surface area is 193 Å². The summed E-state index contributed by atoms with van der Waals surface area (Å²) in [5.74, 6) is 0.600. The van der Waals surface area contributed by atoms with Crippen molar-refractivity contribution in [1.82, 2.24) is 15.0 Å². The zero-order valence-corrected chi connectivity index (χ0v) is 19.6. The maximum absolute atomic E-state index is 12.8. The number of piperidine rings is 1. The molecule has 2 amide bonds. The highest BCUT2D eigenvalue weighted by atomic mass is 16.5. The largest absolute Gasteiger partial charge is 0.489 e. The zero-order valence-electron chi connectivity index (χ0n) is 19.6. The topological polar surface area (TPSA) is 102 Å². The van der Waals surface area contributed by atoms with Crippen molar-refractivity contribution in [1.29, 1.82) is 0 Å². The number of carbonyl (C=O) groups excluding carboxylic acids is 3. The number of carbonyl (C=O) groups is 3. The maximum atomic E-state index is 12.8. The van der Waals surface area contributed by atoms with E-state index in [9.17, 15) is 14.4 Å². The second-order valence-electron chi connectivity index (χ2n) is 8.18. The van der Waals surface area contributed by atoms with Gasteiger partial charge in [0, 0.05) is 25.7 Å². The summed E-state index contributed by atoms with van der Waals surface area (Å²) in [5.41, 5.74) is 2.16. The number of hydrogen-bond donors (Lipinski definition) is 0. The second kappa shape index (κ2) is 11.0. The first-order valence-electron chi connectivity index (χ1n) is 11.1. The number of amides is 2. The van der Waals surface area contributed by atoms with E-state index in [4.69, 9.17) is 14.0 Å². The van der Waals surface area contributed by atoms with Crippen LogP contribution in [-0.4, -0.2) is 66.0 Å². The molecule has 0 spiro atoms. The third-order valence-electron chi connectivity index (χ3n) is 5.85. The molecule has 3 rings (SSSR count). The van der Waals surface area contributed by atoms with E-state index in [0.29, 0.717) is 50.5 Å². The van der Waals surface area contributed by atoms with E-state index >= 15 is 0 Å². The molecule has 1 aliphatic heterocycles. The van der Waals surface area contributed by atoms with Crippen molar-refractivity contribution in [3.8, 4) is 5.75 Å². The molecular weight excluding hydrogens is 426 g/mol. The quantitative estimate of drug-likeness (QED) is 0.562. The molecule has 0 N–H and O–H groups in total. The third kappa shape index (κ3) is 6.12. The molecule has 33 heavy (non-hydrogen) atoms. The normalized spacial score (nSPS) is 14.1. The number of nitrogens with zero attached hydrogens (tertiary/aromatic N) is 3. The lowest BCUT2D eigenvalue weighted by molar-refractivity contribution is -0.151. The number of ether oxygens (including phenoxy) is 2. The molecule has 0 unspecified atom stereocenters. The van der Waals surface area contributed by atoms with Gasteiger partial charge in [-0.15, -0.1) is 0 Å². The minimum Gasteiger partial charge on any atom is -0.489 e. The van der Waals surface area contributed by atoms with Crippen LogP contribution in [0.3, 0.4) is 0 Å². The Morgan fingerprint density at radius 1 is 1.15 bits per heavy atom. The fourth-order valence-electron chi connectivity index (χ4n) is 3.78. The van der Waals surface area contributed by atoms with Gasteiger partial charge in [-0.3, -0.25) is 14.4 Å². The summed E-state index contributed by atoms with van der Waals surface area (Å²) in [5, 5.41) is 3.90. The lowest BCUT2D eigenvalue weighted by Crippen LogP contribution is -2.45. The van der Waals surface area contributed by atoms with Gasteiger partial charge in [0.15, 0.2) is 0 Å². The predicted molar refractivity (Wildman–Crippen MR) is 120 cm³/mol. The lowest BCUT2D eigenvalue weighted by Gasteiger charge is -2.32. The van der Waals surface area contributed by atoms with Gasteiger partial charge in [-0.1, -0.05) is 5.16 Å². The molecule has 1 aliphatic rings. The van der Waals surface area contributed by atoms with Crippen molar-refractivity contribution in [3.63, 3.8) is 0 Å². The van der Waals surface area contributed by atoms with Crippen molar-refractivity contribution in [2.75, 3.05) is 33.3 Å². The van der Waals surface area contributed by atoms with Gasteiger partial charge in [-0.05, 0) is 57.9 Å². The molecule has 9 nitrogen and oxygen atoms in total. The Bertz CT molecular complexity index is 957. The van der Waals surface area contributed by atoms with Crippen LogP contribution in [0.4, 0.5) is 0 Å². The summed E-state index contributed by atoms with van der Waals surface area (Å²) in [6.07, 6.45) is 1.16. The van der Waals surface area contributed by atoms with E-state index in [1.165, 1.54) is 4.90 Å². The molecule has 2 aromatic rings. The van der Waals surface area contributed by atoms with Crippen LogP contribution in [0.2, 0.25) is 0 Å². The second-order valence-corrected chi connectivity index (χ2v) is 8.18.